The molecule has 0 bridgehead atoms. The number of benzene rings is 1. The second-order valence-corrected chi connectivity index (χ2v) is 8.15. The van der Waals surface area contributed by atoms with Crippen LogP contribution in [-0.2, 0) is 6.42 Å². The predicted molar refractivity (Wildman–Crippen MR) is 119 cm³/mol. The van der Waals surface area contributed by atoms with E-state index in [2.05, 4.69) is 20.3 Å². The van der Waals surface area contributed by atoms with Crippen LogP contribution in [0.1, 0.15) is 29.3 Å². The van der Waals surface area contributed by atoms with Gasteiger partial charge in [0, 0.05) is 6.54 Å². The zero-order valence-corrected chi connectivity index (χ0v) is 18.7. The first-order chi connectivity index (χ1) is 13.8. The highest BCUT2D eigenvalue weighted by molar-refractivity contribution is 6.35. The van der Waals surface area contributed by atoms with Gasteiger partial charge in [0.25, 0.3) is 0 Å². The van der Waals surface area contributed by atoms with E-state index in [1.54, 1.807) is 13.0 Å². The minimum Gasteiger partial charge on any atom is -0.438 e. The Morgan fingerprint density at radius 2 is 1.79 bits per heavy atom. The molecule has 0 radical (unpaired) electrons. The molecule has 0 amide bonds. The number of halogens is 4. The Labute approximate surface area is 189 Å². The summed E-state index contributed by atoms with van der Waals surface area (Å²) in [6.45, 7) is 4.26. The van der Waals surface area contributed by atoms with Gasteiger partial charge in [-0.05, 0) is 44.0 Å². The van der Waals surface area contributed by atoms with Gasteiger partial charge in [-0.25, -0.2) is 15.0 Å². The Morgan fingerprint density at radius 3 is 2.48 bits per heavy atom. The molecule has 2 heterocycles. The SMILES string of the molecule is Cc1nc(Oc2ccc(CCNc3ncnc(C(C)Cl)c3Cl)cc2)c(Cl)cc1Cl. The molecule has 3 rings (SSSR count). The zero-order valence-electron chi connectivity index (χ0n) is 15.7. The van der Waals surface area contributed by atoms with Crippen molar-refractivity contribution in [3.8, 4) is 11.6 Å². The summed E-state index contributed by atoms with van der Waals surface area (Å²) in [5.74, 6) is 1.53. The van der Waals surface area contributed by atoms with Crippen LogP contribution in [0.2, 0.25) is 15.1 Å². The van der Waals surface area contributed by atoms with Crippen molar-refractivity contribution in [1.82, 2.24) is 15.0 Å². The number of aromatic nitrogens is 3. The Kier molecular flexibility index (Phi) is 7.41. The smallest absolute Gasteiger partial charge is 0.238 e. The molecule has 1 unspecified atom stereocenters. The number of hydrogen-bond acceptors (Lipinski definition) is 5. The molecular formula is C20H18Cl4N4O. The Morgan fingerprint density at radius 1 is 1.07 bits per heavy atom. The molecule has 0 saturated heterocycles. The van der Waals surface area contributed by atoms with Crippen molar-refractivity contribution in [2.75, 3.05) is 11.9 Å². The molecule has 1 atom stereocenters. The second-order valence-electron chi connectivity index (χ2n) is 6.30. The summed E-state index contributed by atoms with van der Waals surface area (Å²) in [5.41, 5.74) is 2.38. The lowest BCUT2D eigenvalue weighted by molar-refractivity contribution is 0.462. The van der Waals surface area contributed by atoms with Crippen molar-refractivity contribution >= 4 is 52.2 Å². The van der Waals surface area contributed by atoms with E-state index in [4.69, 9.17) is 51.1 Å². The molecule has 9 heteroatoms. The number of pyridine rings is 1. The van der Waals surface area contributed by atoms with Crippen molar-refractivity contribution in [3.05, 3.63) is 68.7 Å². The van der Waals surface area contributed by atoms with Crippen molar-refractivity contribution < 1.29 is 4.74 Å². The molecule has 0 saturated carbocycles. The molecule has 0 fully saturated rings. The maximum absolute atomic E-state index is 6.30. The Balaban J connectivity index is 1.59. The van der Waals surface area contributed by atoms with Crippen LogP contribution < -0.4 is 10.1 Å². The van der Waals surface area contributed by atoms with E-state index in [0.717, 1.165) is 12.0 Å². The lowest BCUT2D eigenvalue weighted by Crippen LogP contribution is -2.08. The highest BCUT2D eigenvalue weighted by atomic mass is 35.5. The van der Waals surface area contributed by atoms with Gasteiger partial charge in [0.05, 0.1) is 21.8 Å². The number of ether oxygens (including phenoxy) is 1. The summed E-state index contributed by atoms with van der Waals surface area (Å²) >= 11 is 24.5. The first-order valence-corrected chi connectivity index (χ1v) is 10.4. The van der Waals surface area contributed by atoms with Gasteiger partial charge in [-0.3, -0.25) is 0 Å². The average Bonchev–Trinajstić information content (AvgIpc) is 2.68. The molecule has 0 aliphatic carbocycles. The molecule has 1 aromatic carbocycles. The van der Waals surface area contributed by atoms with Crippen LogP contribution in [0.15, 0.2) is 36.7 Å². The van der Waals surface area contributed by atoms with Gasteiger partial charge in [-0.15, -0.1) is 11.6 Å². The third-order valence-electron chi connectivity index (χ3n) is 4.11. The van der Waals surface area contributed by atoms with E-state index in [1.165, 1.54) is 6.33 Å². The summed E-state index contributed by atoms with van der Waals surface area (Å²) in [6, 6.07) is 9.29. The highest BCUT2D eigenvalue weighted by Gasteiger charge is 2.13. The van der Waals surface area contributed by atoms with Crippen LogP contribution in [0.5, 0.6) is 11.6 Å². The molecule has 152 valence electrons. The van der Waals surface area contributed by atoms with Gasteiger partial charge in [0.1, 0.15) is 27.9 Å². The van der Waals surface area contributed by atoms with E-state index in [0.29, 0.717) is 50.4 Å². The molecule has 2 aromatic heterocycles. The van der Waals surface area contributed by atoms with Crippen molar-refractivity contribution in [3.63, 3.8) is 0 Å². The molecular weight excluding hydrogens is 454 g/mol. The summed E-state index contributed by atoms with van der Waals surface area (Å²) < 4.78 is 5.76. The van der Waals surface area contributed by atoms with E-state index in [9.17, 15) is 0 Å². The second kappa shape index (κ2) is 9.81. The van der Waals surface area contributed by atoms with Crippen LogP contribution in [0.4, 0.5) is 5.82 Å². The van der Waals surface area contributed by atoms with Gasteiger partial charge in [0.2, 0.25) is 5.88 Å². The largest absolute Gasteiger partial charge is 0.438 e. The first-order valence-electron chi connectivity index (χ1n) is 8.83. The maximum atomic E-state index is 6.30. The normalized spacial score (nSPS) is 11.9. The highest BCUT2D eigenvalue weighted by Crippen LogP contribution is 2.31. The topological polar surface area (TPSA) is 59.9 Å². The fourth-order valence-electron chi connectivity index (χ4n) is 2.55. The van der Waals surface area contributed by atoms with E-state index in [1.807, 2.05) is 31.2 Å². The van der Waals surface area contributed by atoms with Gasteiger partial charge in [0.15, 0.2) is 0 Å². The summed E-state index contributed by atoms with van der Waals surface area (Å²) in [7, 11) is 0. The number of nitrogens with one attached hydrogen (secondary N) is 1. The number of rotatable bonds is 7. The third kappa shape index (κ3) is 5.64. The lowest BCUT2D eigenvalue weighted by atomic mass is 10.1. The average molecular weight is 472 g/mol. The van der Waals surface area contributed by atoms with Crippen molar-refractivity contribution in [2.45, 2.75) is 25.6 Å². The standard InChI is InChI=1S/C20H18Cl4N4O/c1-11(21)18-17(24)19(27-10-26-18)25-8-7-13-3-5-14(6-4-13)29-20-16(23)9-15(22)12(2)28-20/h3-6,9-11H,7-8H2,1-2H3,(H,25,26,27). The van der Waals surface area contributed by atoms with Gasteiger partial charge in [-0.1, -0.05) is 46.9 Å². The monoisotopic (exact) mass is 470 g/mol. The quantitative estimate of drug-likeness (QED) is 0.380. The summed E-state index contributed by atoms with van der Waals surface area (Å²) in [4.78, 5) is 12.6. The van der Waals surface area contributed by atoms with E-state index in [-0.39, 0.29) is 5.38 Å². The fourth-order valence-corrected chi connectivity index (χ4v) is 3.50. The van der Waals surface area contributed by atoms with Crippen molar-refractivity contribution in [2.24, 2.45) is 0 Å². The number of anilines is 1. The molecule has 3 aromatic rings. The van der Waals surface area contributed by atoms with E-state index < -0.39 is 0 Å². The first kappa shape index (κ1) is 21.9. The minimum absolute atomic E-state index is 0.286. The van der Waals surface area contributed by atoms with Gasteiger partial charge in [-0.2, -0.15) is 0 Å². The number of hydrogen-bond donors (Lipinski definition) is 1. The molecule has 29 heavy (non-hydrogen) atoms. The Bertz CT molecular complexity index is 997. The zero-order chi connectivity index (χ0) is 21.0. The van der Waals surface area contributed by atoms with Crippen LogP contribution in [0.25, 0.3) is 0 Å². The van der Waals surface area contributed by atoms with Crippen molar-refractivity contribution in [1.29, 1.82) is 0 Å². The maximum Gasteiger partial charge on any atom is 0.238 e. The van der Waals surface area contributed by atoms with Gasteiger partial charge >= 0.3 is 0 Å². The minimum atomic E-state index is -0.286. The fraction of sp³-hybridized carbons (Fsp3) is 0.250. The Hall–Kier alpha value is -1.79. The molecule has 1 N–H and O–H groups in total. The summed E-state index contributed by atoms with van der Waals surface area (Å²) in [5, 5.41) is 4.24. The number of alkyl halides is 1. The molecule has 0 spiro atoms. The molecule has 5 nitrogen and oxygen atoms in total. The van der Waals surface area contributed by atoms with Crippen LogP contribution in [0, 0.1) is 6.92 Å². The summed E-state index contributed by atoms with van der Waals surface area (Å²) in [6.07, 6.45) is 2.22. The lowest BCUT2D eigenvalue weighted by Gasteiger charge is -2.11. The number of aryl methyl sites for hydroxylation is 1. The van der Waals surface area contributed by atoms with Crippen LogP contribution in [0.3, 0.4) is 0 Å². The van der Waals surface area contributed by atoms with Gasteiger partial charge < -0.3 is 10.1 Å². The molecule has 0 aliphatic rings. The van der Waals surface area contributed by atoms with E-state index >= 15 is 0 Å². The number of nitrogens with zero attached hydrogens (tertiary/aromatic N) is 3. The van der Waals surface area contributed by atoms with Crippen LogP contribution >= 0.6 is 46.4 Å². The predicted octanol–water partition coefficient (Wildman–Crippen LogP) is 6.89. The third-order valence-corrected chi connectivity index (χ3v) is 5.34. The molecule has 0 aliphatic heterocycles. The van der Waals surface area contributed by atoms with Crippen LogP contribution in [-0.4, -0.2) is 21.5 Å².